The third-order valence-electron chi connectivity index (χ3n) is 4.94. The first-order chi connectivity index (χ1) is 12.8. The molecule has 2 aromatic carbocycles. The Morgan fingerprint density at radius 1 is 0.926 bits per heavy atom. The molecule has 0 atom stereocenters. The zero-order valence-corrected chi connectivity index (χ0v) is 18.8. The van der Waals surface area contributed by atoms with Gasteiger partial charge in [-0.05, 0) is 53.2 Å². The number of nitrogens with zero attached hydrogens (tertiary/aromatic N) is 1. The maximum Gasteiger partial charge on any atom is 0.128 e. The summed E-state index contributed by atoms with van der Waals surface area (Å²) in [6.45, 7) is 14.1. The average Bonchev–Trinajstić information content (AvgIpc) is 2.91. The van der Waals surface area contributed by atoms with Crippen LogP contribution in [0.25, 0.3) is 10.9 Å². The van der Waals surface area contributed by atoms with Crippen LogP contribution >= 0.6 is 15.9 Å². The first-order valence-electron chi connectivity index (χ1n) is 9.85. The van der Waals surface area contributed by atoms with E-state index in [1.54, 1.807) is 0 Å². The van der Waals surface area contributed by atoms with Gasteiger partial charge >= 0.3 is 0 Å². The Bertz CT molecular complexity index is 937. The van der Waals surface area contributed by atoms with Gasteiger partial charge in [-0.15, -0.1) is 0 Å². The van der Waals surface area contributed by atoms with Gasteiger partial charge in [-0.1, -0.05) is 58.0 Å². The quantitative estimate of drug-likeness (QED) is 0.397. The van der Waals surface area contributed by atoms with Crippen molar-refractivity contribution in [2.75, 3.05) is 0 Å². The van der Waals surface area contributed by atoms with Crippen LogP contribution in [-0.4, -0.2) is 10.7 Å². The van der Waals surface area contributed by atoms with Gasteiger partial charge in [0.2, 0.25) is 0 Å². The van der Waals surface area contributed by atoms with E-state index in [4.69, 9.17) is 4.74 Å². The lowest BCUT2D eigenvalue weighted by Crippen LogP contribution is -2.14. The second-order valence-electron chi connectivity index (χ2n) is 8.15. The molecule has 0 aliphatic heterocycles. The summed E-state index contributed by atoms with van der Waals surface area (Å²) in [4.78, 5) is 0. The number of para-hydroxylation sites is 1. The lowest BCUT2D eigenvalue weighted by Gasteiger charge is -2.25. The summed E-state index contributed by atoms with van der Waals surface area (Å²) in [6.07, 6.45) is 2.33. The van der Waals surface area contributed by atoms with Gasteiger partial charge in [0, 0.05) is 32.7 Å². The van der Waals surface area contributed by atoms with Gasteiger partial charge in [-0.3, -0.25) is 0 Å². The fourth-order valence-corrected chi connectivity index (χ4v) is 4.36. The molecular formula is C24H30BrNO. The molecule has 3 aromatic rings. The molecule has 0 radical (unpaired) electrons. The molecule has 0 bridgehead atoms. The fraction of sp³-hybridized carbons (Fsp3) is 0.417. The highest BCUT2D eigenvalue weighted by Gasteiger charge is 2.21. The number of halogens is 1. The van der Waals surface area contributed by atoms with Crippen molar-refractivity contribution in [3.63, 3.8) is 0 Å². The predicted octanol–water partition coefficient (Wildman–Crippen LogP) is 7.49. The van der Waals surface area contributed by atoms with E-state index in [1.165, 1.54) is 27.6 Å². The Kier molecular flexibility index (Phi) is 6.00. The summed E-state index contributed by atoms with van der Waals surface area (Å²) in [5.74, 6) is 1.97. The van der Waals surface area contributed by atoms with Crippen molar-refractivity contribution in [3.8, 4) is 5.75 Å². The van der Waals surface area contributed by atoms with Crippen LogP contribution in [0, 0.1) is 0 Å². The first-order valence-corrected chi connectivity index (χ1v) is 10.6. The second kappa shape index (κ2) is 8.10. The largest absolute Gasteiger partial charge is 0.490 e. The smallest absolute Gasteiger partial charge is 0.128 e. The molecule has 0 amide bonds. The Hall–Kier alpha value is -1.74. The van der Waals surface area contributed by atoms with Crippen LogP contribution in [-0.2, 0) is 6.54 Å². The Balaban J connectivity index is 2.15. The maximum atomic E-state index is 6.39. The van der Waals surface area contributed by atoms with Gasteiger partial charge in [0.15, 0.2) is 0 Å². The van der Waals surface area contributed by atoms with Crippen LogP contribution < -0.4 is 4.74 Å². The summed E-state index contributed by atoms with van der Waals surface area (Å²) >= 11 is 3.71. The van der Waals surface area contributed by atoms with Crippen molar-refractivity contribution in [2.45, 2.75) is 66.0 Å². The molecule has 3 rings (SSSR count). The van der Waals surface area contributed by atoms with Gasteiger partial charge in [-0.2, -0.15) is 0 Å². The van der Waals surface area contributed by atoms with E-state index < -0.39 is 0 Å². The number of hydrogen-bond donors (Lipinski definition) is 0. The zero-order valence-electron chi connectivity index (χ0n) is 17.2. The molecule has 0 aliphatic rings. The molecule has 1 heterocycles. The number of hydrogen-bond acceptors (Lipinski definition) is 1. The topological polar surface area (TPSA) is 14.2 Å². The molecule has 27 heavy (non-hydrogen) atoms. The zero-order chi connectivity index (χ0) is 19.7. The first kappa shape index (κ1) is 20.0. The molecule has 3 heteroatoms. The molecule has 0 spiro atoms. The summed E-state index contributed by atoms with van der Waals surface area (Å²) < 4.78 is 9.83. The van der Waals surface area contributed by atoms with E-state index >= 15 is 0 Å². The summed E-state index contributed by atoms with van der Waals surface area (Å²) in [5, 5.41) is 1.24. The number of ether oxygens (including phenoxy) is 1. The van der Waals surface area contributed by atoms with Crippen molar-refractivity contribution >= 4 is 26.8 Å². The predicted molar refractivity (Wildman–Crippen MR) is 119 cm³/mol. The van der Waals surface area contributed by atoms with Gasteiger partial charge in [0.25, 0.3) is 0 Å². The van der Waals surface area contributed by atoms with E-state index in [0.29, 0.717) is 11.8 Å². The van der Waals surface area contributed by atoms with E-state index in [2.05, 4.69) is 105 Å². The lowest BCUT2D eigenvalue weighted by atomic mass is 9.88. The van der Waals surface area contributed by atoms with Crippen molar-refractivity contribution in [3.05, 3.63) is 63.8 Å². The Morgan fingerprint density at radius 3 is 2.26 bits per heavy atom. The van der Waals surface area contributed by atoms with Gasteiger partial charge in [0.1, 0.15) is 5.75 Å². The standard InChI is InChI=1S/C24H30BrNO/c1-15(2)19-12-11-18(24(27-17(5)6)23(19)16(3)4)13-26-14-21(25)20-9-7-8-10-22(20)26/h7-12,14-17H,13H2,1-6H3. The van der Waals surface area contributed by atoms with E-state index in [-0.39, 0.29) is 6.10 Å². The summed E-state index contributed by atoms with van der Waals surface area (Å²) in [6, 6.07) is 13.1. The van der Waals surface area contributed by atoms with E-state index in [0.717, 1.165) is 16.8 Å². The van der Waals surface area contributed by atoms with Crippen LogP contribution in [0.2, 0.25) is 0 Å². The van der Waals surface area contributed by atoms with Gasteiger partial charge < -0.3 is 9.30 Å². The Morgan fingerprint density at radius 2 is 1.63 bits per heavy atom. The third kappa shape index (κ3) is 4.08. The lowest BCUT2D eigenvalue weighted by molar-refractivity contribution is 0.236. The SMILES string of the molecule is CC(C)Oc1c(Cn2cc(Br)c3ccccc32)ccc(C(C)C)c1C(C)C. The van der Waals surface area contributed by atoms with Crippen LogP contribution in [0.3, 0.4) is 0 Å². The second-order valence-corrected chi connectivity index (χ2v) is 9.01. The molecule has 0 unspecified atom stereocenters. The molecule has 0 fully saturated rings. The summed E-state index contributed by atoms with van der Waals surface area (Å²) in [5.41, 5.74) is 5.22. The fourth-order valence-electron chi connectivity index (χ4n) is 3.77. The molecule has 0 N–H and O–H groups in total. The molecule has 2 nitrogen and oxygen atoms in total. The molecular weight excluding hydrogens is 398 g/mol. The molecule has 0 saturated heterocycles. The number of benzene rings is 2. The number of rotatable bonds is 6. The van der Waals surface area contributed by atoms with E-state index in [1.807, 2.05) is 0 Å². The Labute approximate surface area is 171 Å². The minimum Gasteiger partial charge on any atom is -0.490 e. The van der Waals surface area contributed by atoms with Crippen LogP contribution in [0.4, 0.5) is 0 Å². The maximum absolute atomic E-state index is 6.39. The molecule has 1 aromatic heterocycles. The normalized spacial score (nSPS) is 11.9. The van der Waals surface area contributed by atoms with E-state index in [9.17, 15) is 0 Å². The highest BCUT2D eigenvalue weighted by atomic mass is 79.9. The monoisotopic (exact) mass is 427 g/mol. The number of aromatic nitrogens is 1. The van der Waals surface area contributed by atoms with Crippen molar-refractivity contribution < 1.29 is 4.74 Å². The van der Waals surface area contributed by atoms with Crippen molar-refractivity contribution in [1.82, 2.24) is 4.57 Å². The van der Waals surface area contributed by atoms with Gasteiger partial charge in [-0.25, -0.2) is 0 Å². The third-order valence-corrected chi connectivity index (χ3v) is 5.58. The highest BCUT2D eigenvalue weighted by molar-refractivity contribution is 9.10. The van der Waals surface area contributed by atoms with Crippen molar-refractivity contribution in [1.29, 1.82) is 0 Å². The molecule has 144 valence electrons. The minimum atomic E-state index is 0.150. The summed E-state index contributed by atoms with van der Waals surface area (Å²) in [7, 11) is 0. The minimum absolute atomic E-state index is 0.150. The number of fused-ring (bicyclic) bond motifs is 1. The molecule has 0 aliphatic carbocycles. The van der Waals surface area contributed by atoms with Crippen LogP contribution in [0.15, 0.2) is 47.1 Å². The van der Waals surface area contributed by atoms with Crippen LogP contribution in [0.5, 0.6) is 5.75 Å². The average molecular weight is 428 g/mol. The molecule has 0 saturated carbocycles. The highest BCUT2D eigenvalue weighted by Crippen LogP contribution is 2.38. The van der Waals surface area contributed by atoms with Gasteiger partial charge in [0.05, 0.1) is 12.6 Å². The van der Waals surface area contributed by atoms with Crippen LogP contribution in [0.1, 0.15) is 70.1 Å². The van der Waals surface area contributed by atoms with Crippen molar-refractivity contribution in [2.24, 2.45) is 0 Å².